The lowest BCUT2D eigenvalue weighted by molar-refractivity contribution is -0.144. The van der Waals surface area contributed by atoms with Gasteiger partial charge in [0.25, 0.3) is 0 Å². The van der Waals surface area contributed by atoms with Crippen molar-refractivity contribution in [2.75, 3.05) is 18.5 Å². The average Bonchev–Trinajstić information content (AvgIpc) is 3.45. The summed E-state index contributed by atoms with van der Waals surface area (Å²) in [6, 6.07) is 5.88. The van der Waals surface area contributed by atoms with E-state index in [1.165, 1.54) is 4.90 Å². The monoisotopic (exact) mass is 425 g/mol. The van der Waals surface area contributed by atoms with Gasteiger partial charge in [-0.25, -0.2) is 0 Å². The van der Waals surface area contributed by atoms with Crippen molar-refractivity contribution in [2.24, 2.45) is 23.7 Å². The lowest BCUT2D eigenvalue weighted by atomic mass is 9.81. The molecule has 6 rings (SSSR count). The molecule has 4 fully saturated rings. The summed E-state index contributed by atoms with van der Waals surface area (Å²) >= 11 is 0. The summed E-state index contributed by atoms with van der Waals surface area (Å²) in [5.74, 6) is -0.346. The van der Waals surface area contributed by atoms with Crippen LogP contribution in [0.25, 0.3) is 0 Å². The first kappa shape index (κ1) is 19.3. The van der Waals surface area contributed by atoms with Gasteiger partial charge < -0.3 is 20.5 Å². The first-order valence-corrected chi connectivity index (χ1v) is 11.3. The summed E-state index contributed by atoms with van der Waals surface area (Å²) in [6.45, 7) is 0.436. The molecule has 4 bridgehead atoms. The molecular weight excluding hydrogens is 398 g/mol. The van der Waals surface area contributed by atoms with Crippen LogP contribution in [0.15, 0.2) is 18.2 Å². The van der Waals surface area contributed by atoms with Crippen LogP contribution in [0.4, 0.5) is 5.69 Å². The number of rotatable bonds is 4. The highest BCUT2D eigenvalue weighted by atomic mass is 16.5. The maximum absolute atomic E-state index is 12.8. The number of likely N-dealkylation sites (tertiary alicyclic amines) is 1. The van der Waals surface area contributed by atoms with Gasteiger partial charge in [0.1, 0.15) is 6.54 Å². The van der Waals surface area contributed by atoms with Gasteiger partial charge in [0.2, 0.25) is 17.7 Å². The van der Waals surface area contributed by atoms with E-state index < -0.39 is 6.10 Å². The zero-order valence-electron chi connectivity index (χ0n) is 17.3. The molecule has 0 radical (unpaired) electrons. The predicted octanol–water partition coefficient (Wildman–Crippen LogP) is 0.950. The van der Waals surface area contributed by atoms with Crippen LogP contribution in [-0.4, -0.2) is 53.0 Å². The molecule has 8 nitrogen and oxygen atoms in total. The van der Waals surface area contributed by atoms with Gasteiger partial charge in [-0.15, -0.1) is 0 Å². The van der Waals surface area contributed by atoms with Gasteiger partial charge >= 0.3 is 0 Å². The fourth-order valence-electron chi connectivity index (χ4n) is 6.50. The van der Waals surface area contributed by atoms with Crippen LogP contribution in [0.5, 0.6) is 0 Å². The molecule has 2 aliphatic carbocycles. The number of aliphatic hydroxyl groups excluding tert-OH is 1. The van der Waals surface area contributed by atoms with E-state index in [-0.39, 0.29) is 48.2 Å². The summed E-state index contributed by atoms with van der Waals surface area (Å²) < 4.78 is 5.78. The van der Waals surface area contributed by atoms with E-state index >= 15 is 0 Å². The lowest BCUT2D eigenvalue weighted by Gasteiger charge is -2.40. The van der Waals surface area contributed by atoms with E-state index in [1.807, 2.05) is 18.2 Å². The molecule has 3 aliphatic heterocycles. The van der Waals surface area contributed by atoms with Gasteiger partial charge in [-0.1, -0.05) is 6.07 Å². The Balaban J connectivity index is 1.09. The lowest BCUT2D eigenvalue weighted by Crippen LogP contribution is -2.46. The van der Waals surface area contributed by atoms with Crippen molar-refractivity contribution in [3.05, 3.63) is 29.3 Å². The summed E-state index contributed by atoms with van der Waals surface area (Å²) in [6.07, 6.45) is 3.20. The van der Waals surface area contributed by atoms with E-state index in [9.17, 15) is 19.5 Å². The number of aliphatic hydroxyl groups is 1. The van der Waals surface area contributed by atoms with Crippen molar-refractivity contribution in [1.29, 1.82) is 0 Å². The van der Waals surface area contributed by atoms with Crippen LogP contribution in [-0.2, 0) is 25.7 Å². The standard InChI is InChI=1S/C23H27N3O5/c27-17-10-31-18-7-16(17)25-15-4-1-11(5-14(15)18)8-24-19(28)9-26-22(29)20-12-2-3-13(6-12)21(20)23(26)30/h1,4-5,12-13,16-18,20-21,25,27H,2-3,6-10H2,(H,24,28)/t12-,13?,16-,17-,18?,20?,21-/m1/s1. The highest BCUT2D eigenvalue weighted by Crippen LogP contribution is 2.56. The largest absolute Gasteiger partial charge is 0.389 e. The van der Waals surface area contributed by atoms with E-state index in [0.717, 1.165) is 36.1 Å². The molecule has 0 spiro atoms. The van der Waals surface area contributed by atoms with Gasteiger partial charge in [-0.05, 0) is 48.8 Å². The minimum atomic E-state index is -0.505. The van der Waals surface area contributed by atoms with Crippen LogP contribution in [0, 0.1) is 23.7 Å². The number of carbonyl (C=O) groups is 3. The number of imide groups is 1. The highest BCUT2D eigenvalue weighted by Gasteiger charge is 2.60. The minimum absolute atomic E-state index is 0.00191. The fraction of sp³-hybridized carbons (Fsp3) is 0.609. The summed E-state index contributed by atoms with van der Waals surface area (Å²) in [7, 11) is 0. The number of hydrogen-bond donors (Lipinski definition) is 3. The van der Waals surface area contributed by atoms with Gasteiger partial charge in [0.15, 0.2) is 0 Å². The van der Waals surface area contributed by atoms with Crippen molar-refractivity contribution in [3.8, 4) is 0 Å². The number of fused-ring (bicyclic) bond motifs is 9. The second kappa shape index (κ2) is 7.03. The Morgan fingerprint density at radius 2 is 1.90 bits per heavy atom. The van der Waals surface area contributed by atoms with Crippen LogP contribution >= 0.6 is 0 Å². The molecule has 0 aromatic heterocycles. The Morgan fingerprint density at radius 3 is 2.65 bits per heavy atom. The van der Waals surface area contributed by atoms with Crippen LogP contribution in [0.3, 0.4) is 0 Å². The number of ether oxygens (including phenoxy) is 1. The quantitative estimate of drug-likeness (QED) is 0.620. The third kappa shape index (κ3) is 2.99. The zero-order chi connectivity index (χ0) is 21.3. The number of nitrogens with zero attached hydrogens (tertiary/aromatic N) is 1. The van der Waals surface area contributed by atoms with Gasteiger partial charge in [0, 0.05) is 24.2 Å². The molecule has 5 aliphatic rings. The normalized spacial score (nSPS) is 37.5. The summed E-state index contributed by atoms with van der Waals surface area (Å²) in [4.78, 5) is 39.3. The third-order valence-electron chi connectivity index (χ3n) is 8.01. The maximum Gasteiger partial charge on any atom is 0.240 e. The summed E-state index contributed by atoms with van der Waals surface area (Å²) in [5.41, 5.74) is 2.91. The Morgan fingerprint density at radius 1 is 1.16 bits per heavy atom. The van der Waals surface area contributed by atoms with Crippen molar-refractivity contribution in [1.82, 2.24) is 10.2 Å². The number of nitrogens with one attached hydrogen (secondary N) is 2. The predicted molar refractivity (Wildman–Crippen MR) is 110 cm³/mol. The molecule has 164 valence electrons. The molecule has 3 heterocycles. The van der Waals surface area contributed by atoms with E-state index in [2.05, 4.69) is 10.6 Å². The second-order valence-corrected chi connectivity index (χ2v) is 9.72. The Hall–Kier alpha value is -2.45. The average molecular weight is 425 g/mol. The first-order valence-electron chi connectivity index (χ1n) is 11.3. The van der Waals surface area contributed by atoms with Crippen molar-refractivity contribution >= 4 is 23.4 Å². The highest BCUT2D eigenvalue weighted by molar-refractivity contribution is 6.08. The smallest absolute Gasteiger partial charge is 0.240 e. The molecule has 31 heavy (non-hydrogen) atoms. The molecule has 3 amide bonds. The Labute approximate surface area is 180 Å². The minimum Gasteiger partial charge on any atom is -0.389 e. The van der Waals surface area contributed by atoms with Crippen LogP contribution in [0.2, 0.25) is 0 Å². The van der Waals surface area contributed by atoms with Crippen molar-refractivity contribution in [2.45, 2.75) is 50.5 Å². The fourth-order valence-corrected chi connectivity index (χ4v) is 6.50. The number of amides is 3. The SMILES string of the molecule is O=C(CN1C(=O)C2[C@@H]3CCC(C3)[C@H]2C1=O)NCc1ccc2c(c1)C1C[C@@H](N2)[C@H](O)CO1. The molecular formula is C23H27N3O5. The molecule has 1 aromatic carbocycles. The molecule has 3 unspecified atom stereocenters. The summed E-state index contributed by atoms with van der Waals surface area (Å²) in [5, 5.41) is 16.2. The molecule has 1 aromatic rings. The third-order valence-corrected chi connectivity index (χ3v) is 8.01. The molecule has 8 heteroatoms. The van der Waals surface area contributed by atoms with Gasteiger partial charge in [-0.3, -0.25) is 19.3 Å². The van der Waals surface area contributed by atoms with E-state index in [0.29, 0.717) is 31.4 Å². The maximum atomic E-state index is 12.8. The number of hydrogen-bond acceptors (Lipinski definition) is 6. The second-order valence-electron chi connectivity index (χ2n) is 9.72. The van der Waals surface area contributed by atoms with Crippen LogP contribution < -0.4 is 10.6 Å². The topological polar surface area (TPSA) is 108 Å². The van der Waals surface area contributed by atoms with E-state index in [4.69, 9.17) is 4.74 Å². The van der Waals surface area contributed by atoms with Crippen molar-refractivity contribution in [3.63, 3.8) is 0 Å². The van der Waals surface area contributed by atoms with E-state index in [1.54, 1.807) is 0 Å². The molecule has 2 saturated carbocycles. The van der Waals surface area contributed by atoms with Gasteiger partial charge in [0.05, 0.1) is 36.7 Å². The Kier molecular flexibility index (Phi) is 4.37. The number of anilines is 1. The molecule has 3 N–H and O–H groups in total. The number of carbonyl (C=O) groups excluding carboxylic acids is 3. The first-order chi connectivity index (χ1) is 15.0. The molecule has 2 saturated heterocycles. The van der Waals surface area contributed by atoms with Crippen LogP contribution in [0.1, 0.15) is 42.9 Å². The number of benzene rings is 1. The van der Waals surface area contributed by atoms with Crippen molar-refractivity contribution < 1.29 is 24.2 Å². The van der Waals surface area contributed by atoms with Gasteiger partial charge in [-0.2, -0.15) is 0 Å². The molecule has 7 atom stereocenters. The zero-order valence-corrected chi connectivity index (χ0v) is 17.3. The Bertz CT molecular complexity index is 937.